The zero-order valence-electron chi connectivity index (χ0n) is 16.1. The third-order valence-electron chi connectivity index (χ3n) is 4.18. The summed E-state index contributed by atoms with van der Waals surface area (Å²) in [6.07, 6.45) is 1.16. The summed E-state index contributed by atoms with van der Waals surface area (Å²) in [4.78, 5) is 17.0. The van der Waals surface area contributed by atoms with Crippen molar-refractivity contribution in [3.05, 3.63) is 54.4 Å². The highest BCUT2D eigenvalue weighted by Gasteiger charge is 2.15. The van der Waals surface area contributed by atoms with Gasteiger partial charge in [-0.3, -0.25) is 9.36 Å². The number of amides is 1. The summed E-state index contributed by atoms with van der Waals surface area (Å²) in [5.74, 6) is 0.634. The zero-order chi connectivity index (χ0) is 21.3. The van der Waals surface area contributed by atoms with Crippen LogP contribution in [0.15, 0.2) is 58.6 Å². The highest BCUT2D eigenvalue weighted by Crippen LogP contribution is 2.28. The number of thioether (sulfide) groups is 1. The van der Waals surface area contributed by atoms with E-state index in [1.807, 2.05) is 41.8 Å². The van der Waals surface area contributed by atoms with Crippen LogP contribution in [0.25, 0.3) is 15.9 Å². The van der Waals surface area contributed by atoms with E-state index in [0.29, 0.717) is 20.5 Å². The third-order valence-corrected chi connectivity index (χ3v) is 7.15. The van der Waals surface area contributed by atoms with Gasteiger partial charge in [0.1, 0.15) is 5.82 Å². The molecule has 0 fully saturated rings. The van der Waals surface area contributed by atoms with E-state index >= 15 is 0 Å². The van der Waals surface area contributed by atoms with Gasteiger partial charge < -0.3 is 5.32 Å². The minimum absolute atomic E-state index is 0.134. The fourth-order valence-electron chi connectivity index (χ4n) is 2.79. The molecule has 0 unspecified atom stereocenters. The van der Waals surface area contributed by atoms with Crippen LogP contribution in [-0.2, 0) is 14.6 Å². The monoisotopic (exact) mass is 459 g/mol. The third kappa shape index (κ3) is 4.37. The molecule has 0 atom stereocenters. The molecule has 0 aliphatic heterocycles. The van der Waals surface area contributed by atoms with Crippen LogP contribution in [-0.4, -0.2) is 46.1 Å². The van der Waals surface area contributed by atoms with Gasteiger partial charge in [-0.15, -0.1) is 10.2 Å². The van der Waals surface area contributed by atoms with E-state index in [1.54, 1.807) is 12.1 Å². The van der Waals surface area contributed by atoms with Crippen LogP contribution in [0.5, 0.6) is 0 Å². The lowest BCUT2D eigenvalue weighted by Crippen LogP contribution is -2.14. The highest BCUT2D eigenvalue weighted by atomic mass is 32.2. The summed E-state index contributed by atoms with van der Waals surface area (Å²) in [5.41, 5.74) is 1.56. The first kappa shape index (κ1) is 20.5. The van der Waals surface area contributed by atoms with E-state index in [2.05, 4.69) is 20.5 Å². The Balaban J connectivity index is 1.46. The molecule has 30 heavy (non-hydrogen) atoms. The first-order chi connectivity index (χ1) is 14.3. The van der Waals surface area contributed by atoms with Gasteiger partial charge in [-0.1, -0.05) is 41.3 Å². The molecule has 0 saturated heterocycles. The molecule has 0 aliphatic carbocycles. The van der Waals surface area contributed by atoms with Crippen molar-refractivity contribution in [2.75, 3.05) is 17.3 Å². The Morgan fingerprint density at radius 3 is 2.67 bits per heavy atom. The number of anilines is 1. The molecule has 1 amide bonds. The van der Waals surface area contributed by atoms with E-state index in [0.717, 1.165) is 17.8 Å². The van der Waals surface area contributed by atoms with Crippen LogP contribution >= 0.6 is 23.1 Å². The first-order valence-corrected chi connectivity index (χ1v) is 12.5. The topological polar surface area (TPSA) is 107 Å². The van der Waals surface area contributed by atoms with Crippen LogP contribution < -0.4 is 5.32 Å². The zero-order valence-corrected chi connectivity index (χ0v) is 18.5. The minimum atomic E-state index is -3.30. The predicted molar refractivity (Wildman–Crippen MR) is 118 cm³/mol. The van der Waals surface area contributed by atoms with Gasteiger partial charge in [0.2, 0.25) is 5.91 Å². The molecule has 0 spiro atoms. The molecule has 0 aliphatic rings. The molecule has 2 heterocycles. The Morgan fingerprint density at radius 2 is 1.93 bits per heavy atom. The van der Waals surface area contributed by atoms with Crippen molar-refractivity contribution in [1.29, 1.82) is 0 Å². The number of hydrogen-bond donors (Lipinski definition) is 1. The van der Waals surface area contributed by atoms with Gasteiger partial charge in [0, 0.05) is 11.9 Å². The minimum Gasteiger partial charge on any atom is -0.301 e. The molecule has 0 saturated carbocycles. The number of sulfone groups is 1. The average molecular weight is 460 g/mol. The largest absolute Gasteiger partial charge is 0.301 e. The lowest BCUT2D eigenvalue weighted by atomic mass is 10.3. The number of nitrogens with zero attached hydrogens (tertiary/aromatic N) is 4. The second-order valence-electron chi connectivity index (χ2n) is 6.46. The second kappa shape index (κ2) is 8.17. The quantitative estimate of drug-likeness (QED) is 0.441. The van der Waals surface area contributed by atoms with Crippen molar-refractivity contribution in [3.8, 4) is 5.69 Å². The second-order valence-corrected chi connectivity index (χ2v) is 10.4. The number of carbonyl (C=O) groups excluding carboxylic acids is 1. The van der Waals surface area contributed by atoms with E-state index in [9.17, 15) is 13.2 Å². The van der Waals surface area contributed by atoms with Crippen LogP contribution in [0.4, 0.5) is 5.13 Å². The van der Waals surface area contributed by atoms with Crippen molar-refractivity contribution < 1.29 is 13.2 Å². The molecule has 8 nitrogen and oxygen atoms in total. The van der Waals surface area contributed by atoms with E-state index in [4.69, 9.17) is 0 Å². The number of fused-ring (bicyclic) bond motifs is 1. The van der Waals surface area contributed by atoms with Gasteiger partial charge in [0.05, 0.1) is 20.9 Å². The molecule has 11 heteroatoms. The number of carbonyl (C=O) groups is 1. The van der Waals surface area contributed by atoms with E-state index < -0.39 is 9.84 Å². The van der Waals surface area contributed by atoms with Crippen molar-refractivity contribution in [3.63, 3.8) is 0 Å². The maximum Gasteiger partial charge on any atom is 0.236 e. The van der Waals surface area contributed by atoms with E-state index in [1.165, 1.54) is 29.2 Å². The Labute approximate surface area is 181 Å². The van der Waals surface area contributed by atoms with Crippen LogP contribution in [0, 0.1) is 6.92 Å². The number of aromatic nitrogens is 4. The van der Waals surface area contributed by atoms with Crippen LogP contribution in [0.2, 0.25) is 0 Å². The Kier molecular flexibility index (Phi) is 5.58. The maximum atomic E-state index is 12.4. The SMILES string of the molecule is Cc1nnc(SCC(=O)Nc2nc3ccc(S(C)(=O)=O)cc3s2)n1-c1ccccc1. The summed E-state index contributed by atoms with van der Waals surface area (Å²) >= 11 is 2.51. The van der Waals surface area contributed by atoms with Gasteiger partial charge in [0.15, 0.2) is 20.1 Å². The molecule has 2 aromatic heterocycles. The Morgan fingerprint density at radius 1 is 1.17 bits per heavy atom. The fraction of sp³-hybridized carbons (Fsp3) is 0.158. The highest BCUT2D eigenvalue weighted by molar-refractivity contribution is 7.99. The van der Waals surface area contributed by atoms with Gasteiger partial charge in [-0.2, -0.15) is 0 Å². The van der Waals surface area contributed by atoms with Crippen molar-refractivity contribution >= 4 is 54.2 Å². The Bertz CT molecular complexity index is 1330. The summed E-state index contributed by atoms with van der Waals surface area (Å²) < 4.78 is 26.0. The number of rotatable bonds is 6. The molecular formula is C19H17N5O3S3. The maximum absolute atomic E-state index is 12.4. The van der Waals surface area contributed by atoms with Gasteiger partial charge in [-0.05, 0) is 37.3 Å². The van der Waals surface area contributed by atoms with Crippen molar-refractivity contribution in [2.45, 2.75) is 17.0 Å². The van der Waals surface area contributed by atoms with E-state index in [-0.39, 0.29) is 16.6 Å². The first-order valence-electron chi connectivity index (χ1n) is 8.82. The van der Waals surface area contributed by atoms with Gasteiger partial charge in [-0.25, -0.2) is 13.4 Å². The van der Waals surface area contributed by atoms with Gasteiger partial charge in [0.25, 0.3) is 0 Å². The number of nitrogens with one attached hydrogen (secondary N) is 1. The molecule has 154 valence electrons. The summed E-state index contributed by atoms with van der Waals surface area (Å²) in [5, 5.41) is 12.1. The number of benzene rings is 2. The molecule has 0 bridgehead atoms. The van der Waals surface area contributed by atoms with Crippen molar-refractivity contribution in [1.82, 2.24) is 19.7 Å². The van der Waals surface area contributed by atoms with Crippen LogP contribution in [0.1, 0.15) is 5.82 Å². The number of aryl methyl sites for hydroxylation is 1. The number of thiazole rings is 1. The summed E-state index contributed by atoms with van der Waals surface area (Å²) in [7, 11) is -3.30. The summed E-state index contributed by atoms with van der Waals surface area (Å²) in [6, 6.07) is 14.4. The standard InChI is InChI=1S/C19H17N5O3S3/c1-12-22-23-19(24(12)13-6-4-3-5-7-13)28-11-17(25)21-18-20-15-9-8-14(30(2,26)27)10-16(15)29-18/h3-10H,11H2,1-2H3,(H,20,21,25). The molecule has 0 radical (unpaired) electrons. The smallest absolute Gasteiger partial charge is 0.236 e. The molecule has 4 rings (SSSR count). The number of hydrogen-bond acceptors (Lipinski definition) is 8. The van der Waals surface area contributed by atoms with Crippen molar-refractivity contribution in [2.24, 2.45) is 0 Å². The Hall–Kier alpha value is -2.76. The lowest BCUT2D eigenvalue weighted by Gasteiger charge is -2.07. The average Bonchev–Trinajstić information content (AvgIpc) is 3.28. The molecular weight excluding hydrogens is 442 g/mol. The lowest BCUT2D eigenvalue weighted by molar-refractivity contribution is -0.113. The van der Waals surface area contributed by atoms with Gasteiger partial charge >= 0.3 is 0 Å². The normalized spacial score (nSPS) is 11.7. The predicted octanol–water partition coefficient (Wildman–Crippen LogP) is 3.32. The van der Waals surface area contributed by atoms with Crippen LogP contribution in [0.3, 0.4) is 0 Å². The molecule has 1 N–H and O–H groups in total. The summed E-state index contributed by atoms with van der Waals surface area (Å²) in [6.45, 7) is 1.86. The molecule has 4 aromatic rings. The number of para-hydroxylation sites is 1. The fourth-order valence-corrected chi connectivity index (χ4v) is 5.23. The molecule has 2 aromatic carbocycles.